The second-order valence-electron chi connectivity index (χ2n) is 18.0. The number of anilines is 1. The van der Waals surface area contributed by atoms with Gasteiger partial charge >= 0.3 is 5.97 Å². The predicted octanol–water partition coefficient (Wildman–Crippen LogP) is 8.90. The van der Waals surface area contributed by atoms with E-state index in [0.29, 0.717) is 11.8 Å². The molecule has 1 aromatic carbocycles. The standard InChI is InChI=1S/C39H52N4O2/c1-34(2)14-16-39(33(44)45)17-15-38(7)30(26(39)21-34)24(22-9-8-10-27-23(22)12-18-41-27)19-29-36(5)20-25-31(42-43-32(25)40)35(3,4)28(36)11-13-37(29,38)6/h8-10,12,18,26,28-29,41H,11,13-17,19-21H2,1-7H3,(H,44,45)(H3,40,42,43). The lowest BCUT2D eigenvalue weighted by Crippen LogP contribution is -2.65. The maximum Gasteiger partial charge on any atom is 0.310 e. The molecule has 240 valence electrons. The first-order valence-corrected chi connectivity index (χ1v) is 17.5. The minimum absolute atomic E-state index is 0.0283. The normalized spacial score (nSPS) is 39.8. The molecule has 6 heteroatoms. The summed E-state index contributed by atoms with van der Waals surface area (Å²) in [7, 11) is 0. The summed E-state index contributed by atoms with van der Waals surface area (Å²) in [6.07, 6.45) is 10.7. The number of hydrogen-bond donors (Lipinski definition) is 4. The van der Waals surface area contributed by atoms with E-state index in [-0.39, 0.29) is 33.0 Å². The van der Waals surface area contributed by atoms with Crippen LogP contribution in [0.15, 0.2) is 36.0 Å². The van der Waals surface area contributed by atoms with Crippen molar-refractivity contribution in [2.45, 2.75) is 112 Å². The number of nitrogen functional groups attached to an aromatic ring is 1. The van der Waals surface area contributed by atoms with Crippen LogP contribution in [-0.4, -0.2) is 26.3 Å². The van der Waals surface area contributed by atoms with Crippen molar-refractivity contribution in [3.8, 4) is 0 Å². The second kappa shape index (κ2) is 8.86. The molecule has 45 heavy (non-hydrogen) atoms. The van der Waals surface area contributed by atoms with Gasteiger partial charge in [-0.25, -0.2) is 0 Å². The first-order chi connectivity index (χ1) is 21.1. The van der Waals surface area contributed by atoms with Gasteiger partial charge < -0.3 is 15.8 Å². The maximum atomic E-state index is 13.5. The zero-order chi connectivity index (χ0) is 31.9. The second-order valence-corrected chi connectivity index (χ2v) is 18.0. The van der Waals surface area contributed by atoms with Crippen molar-refractivity contribution in [3.05, 3.63) is 52.9 Å². The number of carbonyl (C=O) groups is 1. The minimum atomic E-state index is -0.682. The Labute approximate surface area is 268 Å². The van der Waals surface area contributed by atoms with E-state index in [1.807, 2.05) is 0 Å². The molecule has 5 N–H and O–H groups in total. The van der Waals surface area contributed by atoms with E-state index in [1.165, 1.54) is 27.7 Å². The maximum absolute atomic E-state index is 13.5. The highest BCUT2D eigenvalue weighted by Gasteiger charge is 2.70. The molecule has 0 amide bonds. The van der Waals surface area contributed by atoms with Crippen LogP contribution < -0.4 is 5.73 Å². The molecule has 3 fully saturated rings. The van der Waals surface area contributed by atoms with Crippen molar-refractivity contribution in [1.29, 1.82) is 0 Å². The summed E-state index contributed by atoms with van der Waals surface area (Å²) < 4.78 is 0. The van der Waals surface area contributed by atoms with Gasteiger partial charge in [0.2, 0.25) is 0 Å². The summed E-state index contributed by atoms with van der Waals surface area (Å²) in [5.41, 5.74) is 13.7. The Hall–Kier alpha value is -3.02. The number of H-pyrrole nitrogens is 2. The Morgan fingerprint density at radius 2 is 1.73 bits per heavy atom. The van der Waals surface area contributed by atoms with Crippen LogP contribution in [0.3, 0.4) is 0 Å². The van der Waals surface area contributed by atoms with E-state index < -0.39 is 11.4 Å². The average molecular weight is 609 g/mol. The molecule has 3 saturated carbocycles. The molecule has 0 radical (unpaired) electrons. The summed E-state index contributed by atoms with van der Waals surface area (Å²) in [4.78, 5) is 16.9. The molecule has 3 aromatic rings. The fourth-order valence-corrected chi connectivity index (χ4v) is 12.8. The largest absolute Gasteiger partial charge is 0.481 e. The third-order valence-electron chi connectivity index (χ3n) is 15.3. The number of carboxylic acid groups (broad SMARTS) is 1. The predicted molar refractivity (Wildman–Crippen MR) is 181 cm³/mol. The Morgan fingerprint density at radius 1 is 0.978 bits per heavy atom. The van der Waals surface area contributed by atoms with E-state index in [0.717, 1.165) is 74.8 Å². The third kappa shape index (κ3) is 3.52. The van der Waals surface area contributed by atoms with Crippen molar-refractivity contribution >= 4 is 28.3 Å². The van der Waals surface area contributed by atoms with Gasteiger partial charge in [0.15, 0.2) is 0 Å². The van der Waals surface area contributed by atoms with Gasteiger partial charge in [0, 0.05) is 28.1 Å². The van der Waals surface area contributed by atoms with Crippen LogP contribution in [0.1, 0.15) is 117 Å². The van der Waals surface area contributed by atoms with Gasteiger partial charge in [-0.15, -0.1) is 0 Å². The summed E-state index contributed by atoms with van der Waals surface area (Å²) in [6, 6.07) is 8.92. The van der Waals surface area contributed by atoms with Crippen molar-refractivity contribution in [1.82, 2.24) is 15.2 Å². The van der Waals surface area contributed by atoms with Gasteiger partial charge in [0.1, 0.15) is 5.82 Å². The van der Waals surface area contributed by atoms with Crippen molar-refractivity contribution in [3.63, 3.8) is 0 Å². The van der Waals surface area contributed by atoms with E-state index in [2.05, 4.69) is 89.0 Å². The Bertz CT molecular complexity index is 1780. The van der Waals surface area contributed by atoms with Gasteiger partial charge in [0.05, 0.1) is 11.1 Å². The van der Waals surface area contributed by atoms with E-state index in [1.54, 1.807) is 0 Å². The van der Waals surface area contributed by atoms with Crippen LogP contribution in [0.4, 0.5) is 5.82 Å². The molecule has 0 spiro atoms. The Morgan fingerprint density at radius 3 is 2.49 bits per heavy atom. The average Bonchev–Trinajstić information content (AvgIpc) is 3.59. The molecule has 0 saturated heterocycles. The molecule has 7 atom stereocenters. The van der Waals surface area contributed by atoms with Crippen LogP contribution in [0.5, 0.6) is 0 Å². The zero-order valence-electron chi connectivity index (χ0n) is 28.4. The monoisotopic (exact) mass is 608 g/mol. The topological polar surface area (TPSA) is 108 Å². The number of fused-ring (bicyclic) bond motifs is 9. The van der Waals surface area contributed by atoms with Gasteiger partial charge in [-0.05, 0) is 120 Å². The number of carboxylic acids is 1. The van der Waals surface area contributed by atoms with Crippen LogP contribution >= 0.6 is 0 Å². The third-order valence-corrected chi connectivity index (χ3v) is 15.3. The van der Waals surface area contributed by atoms with Crippen molar-refractivity contribution < 1.29 is 9.90 Å². The smallest absolute Gasteiger partial charge is 0.310 e. The molecular formula is C39H52N4O2. The molecule has 0 aliphatic heterocycles. The van der Waals surface area contributed by atoms with Gasteiger partial charge in [-0.2, -0.15) is 5.10 Å². The number of nitrogens with two attached hydrogens (primary N) is 1. The first kappa shape index (κ1) is 29.4. The highest BCUT2D eigenvalue weighted by Crippen LogP contribution is 2.77. The number of rotatable bonds is 2. The summed E-state index contributed by atoms with van der Waals surface area (Å²) in [6.45, 7) is 17.3. The number of aromatic nitrogens is 3. The SMILES string of the molecule is CC1(C)CCC2(C(=O)O)CCC3(C)C(=C(c4cccc5[nH]ccc45)CC4C5(C)Cc6c(n[nH]c6N)C(C)(C)C5CCC43C)C2C1. The van der Waals surface area contributed by atoms with E-state index >= 15 is 0 Å². The highest BCUT2D eigenvalue weighted by atomic mass is 16.4. The molecule has 6 nitrogen and oxygen atoms in total. The van der Waals surface area contributed by atoms with E-state index in [4.69, 9.17) is 10.8 Å². The molecule has 2 heterocycles. The lowest BCUT2D eigenvalue weighted by Gasteiger charge is -2.71. The molecule has 5 aliphatic carbocycles. The fraction of sp³-hybridized carbons (Fsp3) is 0.641. The summed E-state index contributed by atoms with van der Waals surface area (Å²) in [5.74, 6) is 1.12. The lowest BCUT2D eigenvalue weighted by atomic mass is 9.32. The highest BCUT2D eigenvalue weighted by molar-refractivity contribution is 5.94. The molecule has 7 unspecified atom stereocenters. The molecule has 0 bridgehead atoms. The van der Waals surface area contributed by atoms with Crippen molar-refractivity contribution in [2.75, 3.05) is 5.73 Å². The number of hydrogen-bond acceptors (Lipinski definition) is 3. The summed E-state index contributed by atoms with van der Waals surface area (Å²) in [5, 5.41) is 20.3. The van der Waals surface area contributed by atoms with Crippen LogP contribution in [0.2, 0.25) is 0 Å². The molecule has 8 rings (SSSR count). The number of aromatic amines is 2. The molecular weight excluding hydrogens is 556 g/mol. The summed E-state index contributed by atoms with van der Waals surface area (Å²) >= 11 is 0. The van der Waals surface area contributed by atoms with Crippen LogP contribution in [0.25, 0.3) is 16.5 Å². The quantitative estimate of drug-likeness (QED) is 0.233. The van der Waals surface area contributed by atoms with Gasteiger partial charge in [-0.1, -0.05) is 66.2 Å². The number of nitrogens with one attached hydrogen (secondary N) is 2. The Kier molecular flexibility index (Phi) is 5.79. The van der Waals surface area contributed by atoms with Crippen molar-refractivity contribution in [2.24, 2.45) is 44.8 Å². The number of aliphatic carboxylic acids is 1. The number of nitrogens with zero attached hydrogens (tertiary/aromatic N) is 1. The zero-order valence-corrected chi connectivity index (χ0v) is 28.4. The van der Waals surface area contributed by atoms with Crippen LogP contribution in [-0.2, 0) is 16.6 Å². The minimum Gasteiger partial charge on any atom is -0.481 e. The molecule has 5 aliphatic rings. The molecule has 2 aromatic heterocycles. The van der Waals surface area contributed by atoms with Crippen LogP contribution in [0, 0.1) is 44.8 Å². The lowest BCUT2D eigenvalue weighted by molar-refractivity contribution is -0.175. The number of benzene rings is 1. The fourth-order valence-electron chi connectivity index (χ4n) is 12.8. The van der Waals surface area contributed by atoms with E-state index in [9.17, 15) is 9.90 Å². The number of allylic oxidation sites excluding steroid dienone is 2. The first-order valence-electron chi connectivity index (χ1n) is 17.5. The Balaban J connectivity index is 1.41. The van der Waals surface area contributed by atoms with Gasteiger partial charge in [0.25, 0.3) is 0 Å². The van der Waals surface area contributed by atoms with Gasteiger partial charge in [-0.3, -0.25) is 9.89 Å².